The first-order valence-electron chi connectivity index (χ1n) is 8.37. The van der Waals surface area contributed by atoms with Crippen molar-refractivity contribution in [1.82, 2.24) is 19.6 Å². The zero-order valence-corrected chi connectivity index (χ0v) is 14.2. The summed E-state index contributed by atoms with van der Waals surface area (Å²) in [5, 5.41) is 4.14. The van der Waals surface area contributed by atoms with Crippen LogP contribution in [0.3, 0.4) is 0 Å². The van der Waals surface area contributed by atoms with Gasteiger partial charge in [0.1, 0.15) is 5.69 Å². The summed E-state index contributed by atoms with van der Waals surface area (Å²) in [6, 6.07) is 1.71. The molecule has 2 aliphatic rings. The summed E-state index contributed by atoms with van der Waals surface area (Å²) >= 11 is 0. The second-order valence-corrected chi connectivity index (χ2v) is 6.24. The molecule has 3 rings (SSSR count). The van der Waals surface area contributed by atoms with Crippen molar-refractivity contribution in [2.75, 3.05) is 46.0 Å². The minimum atomic E-state index is -1.01. The quantitative estimate of drug-likeness (QED) is 0.776. The first-order valence-corrected chi connectivity index (χ1v) is 8.37. The Labute approximate surface area is 141 Å². The van der Waals surface area contributed by atoms with Crippen LogP contribution in [0.5, 0.6) is 0 Å². The average molecular weight is 336 g/mol. The van der Waals surface area contributed by atoms with Crippen LogP contribution in [0.15, 0.2) is 12.3 Å². The van der Waals surface area contributed by atoms with Gasteiger partial charge in [-0.15, -0.1) is 0 Å². The third-order valence-corrected chi connectivity index (χ3v) is 4.55. The van der Waals surface area contributed by atoms with E-state index in [2.05, 4.69) is 5.10 Å². The molecule has 0 saturated carbocycles. The number of morpholine rings is 2. The van der Waals surface area contributed by atoms with Crippen molar-refractivity contribution in [3.63, 3.8) is 0 Å². The van der Waals surface area contributed by atoms with Crippen molar-refractivity contribution in [3.05, 3.63) is 18.0 Å². The number of rotatable bonds is 3. The van der Waals surface area contributed by atoms with Crippen molar-refractivity contribution >= 4 is 11.8 Å². The lowest BCUT2D eigenvalue weighted by Crippen LogP contribution is -2.61. The molecule has 24 heavy (non-hydrogen) atoms. The van der Waals surface area contributed by atoms with Crippen LogP contribution in [0.25, 0.3) is 0 Å². The summed E-state index contributed by atoms with van der Waals surface area (Å²) in [7, 11) is 0. The lowest BCUT2D eigenvalue weighted by atomic mass is 10.0. The molecule has 8 heteroatoms. The number of carbonyl (C=O) groups excluding carboxylic acids is 2. The van der Waals surface area contributed by atoms with Gasteiger partial charge in [-0.1, -0.05) is 0 Å². The predicted octanol–water partition coefficient (Wildman–Crippen LogP) is -0.00710. The minimum Gasteiger partial charge on any atom is -0.378 e. The molecule has 1 atom stereocenters. The Morgan fingerprint density at radius 3 is 2.62 bits per heavy atom. The van der Waals surface area contributed by atoms with E-state index in [0.717, 1.165) is 0 Å². The highest BCUT2D eigenvalue weighted by molar-refractivity contribution is 5.94. The second kappa shape index (κ2) is 6.90. The zero-order valence-electron chi connectivity index (χ0n) is 14.2. The lowest BCUT2D eigenvalue weighted by molar-refractivity contribution is -0.168. The summed E-state index contributed by atoms with van der Waals surface area (Å²) in [4.78, 5) is 29.1. The van der Waals surface area contributed by atoms with Crippen LogP contribution in [-0.2, 0) is 20.8 Å². The normalized spacial score (nSPS) is 24.9. The minimum absolute atomic E-state index is 0.0766. The van der Waals surface area contributed by atoms with Gasteiger partial charge in [0.15, 0.2) is 5.60 Å². The molecular formula is C16H24N4O4. The number of amides is 2. The Morgan fingerprint density at radius 2 is 1.92 bits per heavy atom. The molecule has 2 amide bonds. The first-order chi connectivity index (χ1) is 11.5. The van der Waals surface area contributed by atoms with Gasteiger partial charge in [0.2, 0.25) is 0 Å². The number of carbonyl (C=O) groups is 2. The Bertz CT molecular complexity index is 611. The van der Waals surface area contributed by atoms with Gasteiger partial charge in [0.25, 0.3) is 11.8 Å². The van der Waals surface area contributed by atoms with E-state index in [4.69, 9.17) is 9.47 Å². The number of aromatic nitrogens is 2. The van der Waals surface area contributed by atoms with Crippen molar-refractivity contribution in [3.8, 4) is 0 Å². The van der Waals surface area contributed by atoms with Gasteiger partial charge in [-0.05, 0) is 19.9 Å². The summed E-state index contributed by atoms with van der Waals surface area (Å²) in [5.41, 5.74) is -0.469. The van der Waals surface area contributed by atoms with Gasteiger partial charge in [-0.25, -0.2) is 0 Å². The predicted molar refractivity (Wildman–Crippen MR) is 85.6 cm³/mol. The number of nitrogens with zero attached hydrogens (tertiary/aromatic N) is 4. The van der Waals surface area contributed by atoms with Gasteiger partial charge < -0.3 is 19.3 Å². The fourth-order valence-electron chi connectivity index (χ4n) is 3.20. The maximum absolute atomic E-state index is 12.8. The second-order valence-electron chi connectivity index (χ2n) is 6.24. The van der Waals surface area contributed by atoms with E-state index >= 15 is 0 Å². The molecule has 0 bridgehead atoms. The largest absolute Gasteiger partial charge is 0.378 e. The highest BCUT2D eigenvalue weighted by atomic mass is 16.5. The molecule has 1 aromatic rings. The van der Waals surface area contributed by atoms with Crippen molar-refractivity contribution in [1.29, 1.82) is 0 Å². The Kier molecular flexibility index (Phi) is 4.86. The topological polar surface area (TPSA) is 76.9 Å². The SMILES string of the molecule is CCn1nccc1C(=O)N1CCO[C@](C)(C(=O)N2CCOCC2)C1. The van der Waals surface area contributed by atoms with E-state index in [0.29, 0.717) is 51.7 Å². The molecule has 0 aromatic carbocycles. The molecule has 2 fully saturated rings. The molecule has 0 N–H and O–H groups in total. The van der Waals surface area contributed by atoms with E-state index in [1.54, 1.807) is 33.7 Å². The van der Waals surface area contributed by atoms with Gasteiger partial charge in [0.05, 0.1) is 26.4 Å². The van der Waals surface area contributed by atoms with Gasteiger partial charge in [-0.2, -0.15) is 5.10 Å². The van der Waals surface area contributed by atoms with E-state index in [-0.39, 0.29) is 18.4 Å². The highest BCUT2D eigenvalue weighted by Crippen LogP contribution is 2.22. The summed E-state index contributed by atoms with van der Waals surface area (Å²) in [6.07, 6.45) is 1.62. The first kappa shape index (κ1) is 16.9. The molecule has 2 aliphatic heterocycles. The van der Waals surface area contributed by atoms with Crippen LogP contribution in [-0.4, -0.2) is 83.0 Å². The standard InChI is InChI=1S/C16H24N4O4/c1-3-20-13(4-5-17-20)14(21)19-8-11-24-16(2,12-19)15(22)18-6-9-23-10-7-18/h4-5H,3,6-12H2,1-2H3/t16-/m0/s1. The van der Waals surface area contributed by atoms with Crippen LogP contribution in [0.1, 0.15) is 24.3 Å². The smallest absolute Gasteiger partial charge is 0.272 e. The molecule has 132 valence electrons. The van der Waals surface area contributed by atoms with Crippen LogP contribution in [0, 0.1) is 0 Å². The molecule has 8 nitrogen and oxygen atoms in total. The third kappa shape index (κ3) is 3.16. The van der Waals surface area contributed by atoms with Crippen molar-refractivity contribution in [2.24, 2.45) is 0 Å². The average Bonchev–Trinajstić information content (AvgIpc) is 3.10. The Balaban J connectivity index is 1.73. The number of ether oxygens (including phenoxy) is 2. The van der Waals surface area contributed by atoms with Crippen LogP contribution >= 0.6 is 0 Å². The molecule has 0 radical (unpaired) electrons. The third-order valence-electron chi connectivity index (χ3n) is 4.55. The molecular weight excluding hydrogens is 312 g/mol. The van der Waals surface area contributed by atoms with Crippen molar-refractivity contribution < 1.29 is 19.1 Å². The summed E-state index contributed by atoms with van der Waals surface area (Å²) in [5.74, 6) is -0.189. The molecule has 2 saturated heterocycles. The maximum Gasteiger partial charge on any atom is 0.272 e. The van der Waals surface area contributed by atoms with Crippen LogP contribution in [0.2, 0.25) is 0 Å². The fourth-order valence-corrected chi connectivity index (χ4v) is 3.20. The number of aryl methyl sites for hydroxylation is 1. The molecule has 1 aromatic heterocycles. The van der Waals surface area contributed by atoms with Gasteiger partial charge in [0, 0.05) is 32.4 Å². The Morgan fingerprint density at radius 1 is 1.21 bits per heavy atom. The number of hydrogen-bond donors (Lipinski definition) is 0. The van der Waals surface area contributed by atoms with Crippen molar-refractivity contribution in [2.45, 2.75) is 26.0 Å². The van der Waals surface area contributed by atoms with Crippen LogP contribution < -0.4 is 0 Å². The van der Waals surface area contributed by atoms with E-state index in [1.165, 1.54) is 0 Å². The van der Waals surface area contributed by atoms with Crippen LogP contribution in [0.4, 0.5) is 0 Å². The summed E-state index contributed by atoms with van der Waals surface area (Å²) in [6.45, 7) is 7.61. The Hall–Kier alpha value is -1.93. The number of hydrogen-bond acceptors (Lipinski definition) is 5. The molecule has 3 heterocycles. The van der Waals surface area contributed by atoms with Gasteiger partial charge in [-0.3, -0.25) is 14.3 Å². The van der Waals surface area contributed by atoms with Gasteiger partial charge >= 0.3 is 0 Å². The maximum atomic E-state index is 12.8. The monoisotopic (exact) mass is 336 g/mol. The molecule has 0 spiro atoms. The van der Waals surface area contributed by atoms with E-state index in [1.807, 2.05) is 6.92 Å². The van der Waals surface area contributed by atoms with E-state index < -0.39 is 5.60 Å². The lowest BCUT2D eigenvalue weighted by Gasteiger charge is -2.42. The molecule has 0 aliphatic carbocycles. The summed E-state index contributed by atoms with van der Waals surface area (Å²) < 4.78 is 12.7. The molecule has 0 unspecified atom stereocenters. The zero-order chi connectivity index (χ0) is 17.2. The van der Waals surface area contributed by atoms with E-state index in [9.17, 15) is 9.59 Å². The highest BCUT2D eigenvalue weighted by Gasteiger charge is 2.43. The fraction of sp³-hybridized carbons (Fsp3) is 0.688.